The Balaban J connectivity index is 1.60. The monoisotopic (exact) mass is 388 g/mol. The second-order valence-corrected chi connectivity index (χ2v) is 7.36. The summed E-state index contributed by atoms with van der Waals surface area (Å²) >= 11 is 0. The first kappa shape index (κ1) is 19.0. The molecule has 7 nitrogen and oxygen atoms in total. The summed E-state index contributed by atoms with van der Waals surface area (Å²) in [5.41, 5.74) is 15.7. The van der Waals surface area contributed by atoms with E-state index in [1.165, 1.54) is 0 Å². The number of hydrogen-bond donors (Lipinski definition) is 2. The van der Waals surface area contributed by atoms with Gasteiger partial charge in [0.25, 0.3) is 0 Å². The van der Waals surface area contributed by atoms with Gasteiger partial charge in [-0.1, -0.05) is 18.2 Å². The number of likely N-dealkylation sites (tertiary alicyclic amines) is 1. The van der Waals surface area contributed by atoms with E-state index in [9.17, 15) is 4.79 Å². The minimum Gasteiger partial charge on any atom is -0.368 e. The van der Waals surface area contributed by atoms with Crippen LogP contribution in [0.4, 0.5) is 5.95 Å². The molecule has 1 aliphatic heterocycles. The Kier molecular flexibility index (Phi) is 5.48. The standard InChI is InChI=1S/C22H24N6O/c23-21(29)16-8-6-15(7-9-16)19-12-26-22(24)27-20(19)17-4-3-11-28(13-17)14-18-5-1-2-10-25-18/h1-2,5-10,12,17H,3-4,11,13-14H2,(H2,23,29)(H2,24,26,27)/t17-/m0/s1. The van der Waals surface area contributed by atoms with Crippen molar-refractivity contribution in [2.45, 2.75) is 25.3 Å². The molecule has 0 spiro atoms. The topological polar surface area (TPSA) is 111 Å². The molecule has 1 aliphatic rings. The van der Waals surface area contributed by atoms with Gasteiger partial charge >= 0.3 is 0 Å². The number of nitrogens with zero attached hydrogens (tertiary/aromatic N) is 4. The zero-order valence-corrected chi connectivity index (χ0v) is 16.2. The molecule has 148 valence electrons. The maximum atomic E-state index is 11.4. The molecule has 1 aromatic carbocycles. The minimum absolute atomic E-state index is 0.253. The third-order valence-corrected chi connectivity index (χ3v) is 5.32. The zero-order valence-electron chi connectivity index (χ0n) is 16.2. The summed E-state index contributed by atoms with van der Waals surface area (Å²) in [5.74, 6) is 0.0886. The van der Waals surface area contributed by atoms with Gasteiger partial charge in [-0.15, -0.1) is 0 Å². The van der Waals surface area contributed by atoms with Crippen molar-refractivity contribution in [2.24, 2.45) is 5.73 Å². The highest BCUT2D eigenvalue weighted by Gasteiger charge is 2.26. The predicted molar refractivity (Wildman–Crippen MR) is 112 cm³/mol. The van der Waals surface area contributed by atoms with Crippen LogP contribution in [0.25, 0.3) is 11.1 Å². The van der Waals surface area contributed by atoms with Crippen molar-refractivity contribution in [3.05, 3.63) is 71.8 Å². The Bertz CT molecular complexity index is 990. The van der Waals surface area contributed by atoms with Crippen LogP contribution in [0.15, 0.2) is 54.9 Å². The van der Waals surface area contributed by atoms with Gasteiger partial charge in [0, 0.05) is 42.5 Å². The van der Waals surface area contributed by atoms with Gasteiger partial charge < -0.3 is 11.5 Å². The lowest BCUT2D eigenvalue weighted by molar-refractivity contribution is 0.100. The van der Waals surface area contributed by atoms with Crippen molar-refractivity contribution in [3.8, 4) is 11.1 Å². The van der Waals surface area contributed by atoms with Gasteiger partial charge in [0.15, 0.2) is 0 Å². The van der Waals surface area contributed by atoms with Crippen molar-refractivity contribution in [3.63, 3.8) is 0 Å². The van der Waals surface area contributed by atoms with Crippen molar-refractivity contribution in [1.82, 2.24) is 19.9 Å². The number of aromatic nitrogens is 3. The molecule has 0 radical (unpaired) electrons. The summed E-state index contributed by atoms with van der Waals surface area (Å²) < 4.78 is 0. The lowest BCUT2D eigenvalue weighted by Gasteiger charge is -2.33. The number of pyridine rings is 1. The summed E-state index contributed by atoms with van der Waals surface area (Å²) in [6.07, 6.45) is 5.73. The quantitative estimate of drug-likeness (QED) is 0.695. The van der Waals surface area contributed by atoms with E-state index in [1.54, 1.807) is 18.3 Å². The molecule has 4 rings (SSSR count). The molecule has 0 bridgehead atoms. The van der Waals surface area contributed by atoms with E-state index in [0.29, 0.717) is 5.56 Å². The molecule has 1 amide bonds. The zero-order chi connectivity index (χ0) is 20.2. The van der Waals surface area contributed by atoms with Gasteiger partial charge in [0.2, 0.25) is 11.9 Å². The van der Waals surface area contributed by atoms with Crippen LogP contribution in [0.5, 0.6) is 0 Å². The van der Waals surface area contributed by atoms with Crippen molar-refractivity contribution in [1.29, 1.82) is 0 Å². The van der Waals surface area contributed by atoms with Crippen molar-refractivity contribution in [2.75, 3.05) is 18.8 Å². The number of primary amides is 1. The number of anilines is 1. The van der Waals surface area contributed by atoms with Crippen LogP contribution >= 0.6 is 0 Å². The maximum absolute atomic E-state index is 11.4. The van der Waals surface area contributed by atoms with Crippen LogP contribution in [-0.4, -0.2) is 38.8 Å². The van der Waals surface area contributed by atoms with Crippen LogP contribution in [-0.2, 0) is 6.54 Å². The molecular weight excluding hydrogens is 364 g/mol. The van der Waals surface area contributed by atoms with Crippen molar-refractivity contribution >= 4 is 11.9 Å². The lowest BCUT2D eigenvalue weighted by Crippen LogP contribution is -2.34. The normalized spacial score (nSPS) is 17.2. The van der Waals surface area contributed by atoms with E-state index in [1.807, 2.05) is 30.5 Å². The van der Waals surface area contributed by atoms with E-state index in [0.717, 1.165) is 55.0 Å². The van der Waals surface area contributed by atoms with Crippen LogP contribution < -0.4 is 11.5 Å². The Morgan fingerprint density at radius 3 is 2.69 bits per heavy atom. The fraction of sp³-hybridized carbons (Fsp3) is 0.273. The Labute approximate surface area is 169 Å². The molecule has 2 aromatic heterocycles. The number of nitrogen functional groups attached to an aromatic ring is 1. The van der Waals surface area contributed by atoms with E-state index in [2.05, 4.69) is 25.9 Å². The van der Waals surface area contributed by atoms with E-state index in [-0.39, 0.29) is 11.9 Å². The molecule has 3 heterocycles. The maximum Gasteiger partial charge on any atom is 0.248 e. The van der Waals surface area contributed by atoms with Crippen LogP contribution in [0.1, 0.15) is 40.5 Å². The van der Waals surface area contributed by atoms with E-state index < -0.39 is 5.91 Å². The van der Waals surface area contributed by atoms with E-state index in [4.69, 9.17) is 11.5 Å². The third kappa shape index (κ3) is 4.41. The van der Waals surface area contributed by atoms with E-state index >= 15 is 0 Å². The summed E-state index contributed by atoms with van der Waals surface area (Å²) in [7, 11) is 0. The minimum atomic E-state index is -0.442. The molecular formula is C22H24N6O. The molecule has 1 atom stereocenters. The van der Waals surface area contributed by atoms with Crippen molar-refractivity contribution < 1.29 is 4.79 Å². The van der Waals surface area contributed by atoms with Gasteiger partial charge in [-0.25, -0.2) is 9.97 Å². The fourth-order valence-electron chi connectivity index (χ4n) is 3.90. The number of hydrogen-bond acceptors (Lipinski definition) is 6. The average molecular weight is 388 g/mol. The Morgan fingerprint density at radius 2 is 1.97 bits per heavy atom. The summed E-state index contributed by atoms with van der Waals surface area (Å²) in [4.78, 5) is 27.0. The summed E-state index contributed by atoms with van der Waals surface area (Å²) in [6.45, 7) is 2.75. The molecule has 1 fully saturated rings. The second-order valence-electron chi connectivity index (χ2n) is 7.36. The number of nitrogens with two attached hydrogens (primary N) is 2. The highest BCUT2D eigenvalue weighted by molar-refractivity contribution is 5.93. The largest absolute Gasteiger partial charge is 0.368 e. The van der Waals surface area contributed by atoms with Gasteiger partial charge in [-0.05, 0) is 49.2 Å². The third-order valence-electron chi connectivity index (χ3n) is 5.32. The first-order valence-electron chi connectivity index (χ1n) is 9.75. The number of benzene rings is 1. The molecule has 1 saturated heterocycles. The summed E-state index contributed by atoms with van der Waals surface area (Å²) in [5, 5.41) is 0. The van der Waals surface area contributed by atoms with Crippen LogP contribution in [0, 0.1) is 0 Å². The number of rotatable bonds is 5. The van der Waals surface area contributed by atoms with Gasteiger partial charge in [0.05, 0.1) is 11.4 Å². The Hall–Kier alpha value is -3.32. The van der Waals surface area contributed by atoms with Gasteiger partial charge in [0.1, 0.15) is 0 Å². The van der Waals surface area contributed by atoms with Gasteiger partial charge in [-0.3, -0.25) is 14.7 Å². The first-order valence-corrected chi connectivity index (χ1v) is 9.75. The number of carbonyl (C=O) groups is 1. The highest BCUT2D eigenvalue weighted by atomic mass is 16.1. The molecule has 7 heteroatoms. The van der Waals surface area contributed by atoms with Gasteiger partial charge in [-0.2, -0.15) is 0 Å². The number of carbonyl (C=O) groups excluding carboxylic acids is 1. The molecule has 0 aliphatic carbocycles. The molecule has 0 unspecified atom stereocenters. The fourth-order valence-corrected chi connectivity index (χ4v) is 3.90. The SMILES string of the molecule is NC(=O)c1ccc(-c2cnc(N)nc2[C@H]2CCCN(Cc3ccccn3)C2)cc1. The van der Waals surface area contributed by atoms with Crippen LogP contribution in [0.2, 0.25) is 0 Å². The second kappa shape index (κ2) is 8.36. The molecule has 29 heavy (non-hydrogen) atoms. The number of piperidine rings is 1. The molecule has 0 saturated carbocycles. The first-order chi connectivity index (χ1) is 14.1. The summed E-state index contributed by atoms with van der Waals surface area (Å²) in [6, 6.07) is 13.2. The number of amides is 1. The smallest absolute Gasteiger partial charge is 0.248 e. The molecule has 4 N–H and O–H groups in total. The lowest BCUT2D eigenvalue weighted by atomic mass is 9.89. The predicted octanol–water partition coefficient (Wildman–Crippen LogP) is 2.60. The molecule has 3 aromatic rings. The van der Waals surface area contributed by atoms with Crippen LogP contribution in [0.3, 0.4) is 0 Å². The average Bonchev–Trinajstić information content (AvgIpc) is 2.75. The highest BCUT2D eigenvalue weighted by Crippen LogP contribution is 2.33. The Morgan fingerprint density at radius 1 is 1.14 bits per heavy atom.